The lowest BCUT2D eigenvalue weighted by Crippen LogP contribution is -2.30. The summed E-state index contributed by atoms with van der Waals surface area (Å²) in [5.41, 5.74) is 2.61. The van der Waals surface area contributed by atoms with Crippen molar-refractivity contribution in [2.45, 2.75) is 25.4 Å². The van der Waals surface area contributed by atoms with Crippen LogP contribution in [0, 0.1) is 0 Å². The Morgan fingerprint density at radius 2 is 2.04 bits per heavy atom. The van der Waals surface area contributed by atoms with Gasteiger partial charge in [0.05, 0.1) is 24.3 Å². The Morgan fingerprint density at radius 3 is 2.86 bits per heavy atom. The largest absolute Gasteiger partial charge is 0.331 e. The van der Waals surface area contributed by atoms with Gasteiger partial charge in [-0.25, -0.2) is 9.67 Å². The second kappa shape index (κ2) is 7.20. The van der Waals surface area contributed by atoms with Crippen LogP contribution in [0.15, 0.2) is 66.3 Å². The van der Waals surface area contributed by atoms with Crippen LogP contribution in [0.25, 0.3) is 11.0 Å². The van der Waals surface area contributed by atoms with Crippen molar-refractivity contribution in [2.24, 2.45) is 0 Å². The monoisotopic (exact) mass is 388 g/mol. The summed E-state index contributed by atoms with van der Waals surface area (Å²) in [5.74, 6) is 0.0566. The third kappa shape index (κ3) is 3.10. The number of pyridine rings is 1. The Morgan fingerprint density at radius 1 is 1.14 bits per heavy atom. The molecule has 0 spiro atoms. The van der Waals surface area contributed by atoms with E-state index in [0.717, 1.165) is 30.4 Å². The van der Waals surface area contributed by atoms with Gasteiger partial charge in [0.15, 0.2) is 5.65 Å². The van der Waals surface area contributed by atoms with Gasteiger partial charge in [0.1, 0.15) is 0 Å². The number of rotatable bonds is 4. The van der Waals surface area contributed by atoms with Crippen molar-refractivity contribution >= 4 is 28.3 Å². The predicted octanol–water partition coefficient (Wildman–Crippen LogP) is 4.52. The number of nitrogens with zero attached hydrogens (tertiary/aromatic N) is 4. The van der Waals surface area contributed by atoms with Gasteiger partial charge < -0.3 is 4.90 Å². The van der Waals surface area contributed by atoms with Crippen molar-refractivity contribution in [3.8, 4) is 0 Å². The molecule has 4 aromatic rings. The first-order chi connectivity index (χ1) is 13.8. The standard InChI is InChI=1S/C22H20N4OS/c27-22(25-10-4-8-19(25)20-9-5-11-28-20)18-12-17-14-24-26(21(17)23-13-18)15-16-6-2-1-3-7-16/h1-3,5-7,9,11-14,19H,4,8,10,15H2. The minimum Gasteiger partial charge on any atom is -0.331 e. The molecule has 4 heterocycles. The Bertz CT molecular complexity index is 1100. The predicted molar refractivity (Wildman–Crippen MR) is 110 cm³/mol. The van der Waals surface area contributed by atoms with Crippen LogP contribution in [0.3, 0.4) is 0 Å². The third-order valence-electron chi connectivity index (χ3n) is 5.28. The molecule has 1 fully saturated rings. The minimum atomic E-state index is 0.0566. The maximum absolute atomic E-state index is 13.2. The molecule has 1 amide bonds. The van der Waals surface area contributed by atoms with Gasteiger partial charge in [-0.15, -0.1) is 11.3 Å². The van der Waals surface area contributed by atoms with Gasteiger partial charge in [0.2, 0.25) is 0 Å². The molecule has 140 valence electrons. The lowest BCUT2D eigenvalue weighted by molar-refractivity contribution is 0.0737. The van der Waals surface area contributed by atoms with E-state index in [-0.39, 0.29) is 11.9 Å². The summed E-state index contributed by atoms with van der Waals surface area (Å²) in [7, 11) is 0. The molecule has 1 aromatic carbocycles. The number of aromatic nitrogens is 3. The molecule has 5 nitrogen and oxygen atoms in total. The van der Waals surface area contributed by atoms with Gasteiger partial charge in [-0.1, -0.05) is 36.4 Å². The van der Waals surface area contributed by atoms with Gasteiger partial charge in [-0.05, 0) is 35.9 Å². The highest BCUT2D eigenvalue weighted by atomic mass is 32.1. The molecule has 0 saturated carbocycles. The Balaban J connectivity index is 1.41. The number of benzene rings is 1. The van der Waals surface area contributed by atoms with Gasteiger partial charge >= 0.3 is 0 Å². The highest BCUT2D eigenvalue weighted by molar-refractivity contribution is 7.10. The fraction of sp³-hybridized carbons (Fsp3) is 0.227. The molecule has 0 aliphatic carbocycles. The van der Waals surface area contributed by atoms with Crippen molar-refractivity contribution in [3.05, 3.63) is 82.3 Å². The zero-order valence-corrected chi connectivity index (χ0v) is 16.2. The van der Waals surface area contributed by atoms with E-state index in [4.69, 9.17) is 0 Å². The average molecular weight is 388 g/mol. The molecule has 3 aromatic heterocycles. The molecule has 1 aliphatic rings. The number of likely N-dealkylation sites (tertiary alicyclic amines) is 1. The Kier molecular flexibility index (Phi) is 4.41. The van der Waals surface area contributed by atoms with Crippen molar-refractivity contribution in [1.29, 1.82) is 0 Å². The first-order valence-corrected chi connectivity index (χ1v) is 10.4. The number of hydrogen-bond acceptors (Lipinski definition) is 4. The SMILES string of the molecule is O=C(c1cnc2c(cnn2Cc2ccccc2)c1)N1CCCC1c1cccs1. The number of carbonyl (C=O) groups is 1. The van der Waals surface area contributed by atoms with Crippen molar-refractivity contribution in [1.82, 2.24) is 19.7 Å². The third-order valence-corrected chi connectivity index (χ3v) is 6.26. The molecule has 1 saturated heterocycles. The Hall–Kier alpha value is -2.99. The molecule has 1 unspecified atom stereocenters. The number of fused-ring (bicyclic) bond motifs is 1. The van der Waals surface area contributed by atoms with Gasteiger partial charge in [0.25, 0.3) is 5.91 Å². The molecule has 1 aliphatic heterocycles. The number of hydrogen-bond donors (Lipinski definition) is 0. The molecule has 0 radical (unpaired) electrons. The zero-order valence-electron chi connectivity index (χ0n) is 15.4. The van der Waals surface area contributed by atoms with Crippen LogP contribution in [0.2, 0.25) is 0 Å². The lowest BCUT2D eigenvalue weighted by atomic mass is 10.1. The Labute approximate surface area is 167 Å². The van der Waals surface area contributed by atoms with Crippen LogP contribution >= 0.6 is 11.3 Å². The summed E-state index contributed by atoms with van der Waals surface area (Å²) in [4.78, 5) is 21.0. The van der Waals surface area contributed by atoms with Crippen molar-refractivity contribution < 1.29 is 4.79 Å². The summed E-state index contributed by atoms with van der Waals surface area (Å²) in [6.45, 7) is 1.46. The van der Waals surface area contributed by atoms with E-state index in [9.17, 15) is 4.79 Å². The van der Waals surface area contributed by atoms with Crippen LogP contribution in [0.1, 0.15) is 39.7 Å². The van der Waals surface area contributed by atoms with Crippen molar-refractivity contribution in [2.75, 3.05) is 6.54 Å². The molecule has 28 heavy (non-hydrogen) atoms. The smallest absolute Gasteiger partial charge is 0.255 e. The minimum absolute atomic E-state index is 0.0566. The maximum atomic E-state index is 13.2. The molecule has 0 bridgehead atoms. The highest BCUT2D eigenvalue weighted by Gasteiger charge is 2.31. The van der Waals surface area contributed by atoms with Gasteiger partial charge in [-0.3, -0.25) is 4.79 Å². The molecule has 0 N–H and O–H groups in total. The van der Waals surface area contributed by atoms with E-state index >= 15 is 0 Å². The van der Waals surface area contributed by atoms with E-state index in [2.05, 4.69) is 39.7 Å². The lowest BCUT2D eigenvalue weighted by Gasteiger charge is -2.23. The topological polar surface area (TPSA) is 51.0 Å². The number of carbonyl (C=O) groups excluding carboxylic acids is 1. The normalized spacial score (nSPS) is 16.7. The second-order valence-electron chi connectivity index (χ2n) is 7.10. The molecular weight excluding hydrogens is 368 g/mol. The van der Waals surface area contributed by atoms with Gasteiger partial charge in [0, 0.05) is 23.0 Å². The summed E-state index contributed by atoms with van der Waals surface area (Å²) >= 11 is 1.72. The van der Waals surface area contributed by atoms with Crippen LogP contribution < -0.4 is 0 Å². The summed E-state index contributed by atoms with van der Waals surface area (Å²) in [6, 6.07) is 16.5. The summed E-state index contributed by atoms with van der Waals surface area (Å²) in [6.07, 6.45) is 5.55. The first kappa shape index (κ1) is 17.1. The van der Waals surface area contributed by atoms with Crippen LogP contribution in [-0.2, 0) is 6.54 Å². The van der Waals surface area contributed by atoms with E-state index in [0.29, 0.717) is 12.1 Å². The average Bonchev–Trinajstić information content (AvgIpc) is 3.48. The van der Waals surface area contributed by atoms with Crippen LogP contribution in [-0.4, -0.2) is 32.1 Å². The fourth-order valence-corrected chi connectivity index (χ4v) is 4.79. The molecule has 5 rings (SSSR count). The number of thiophene rings is 1. The molecule has 1 atom stereocenters. The number of amides is 1. The second-order valence-corrected chi connectivity index (χ2v) is 8.08. The highest BCUT2D eigenvalue weighted by Crippen LogP contribution is 2.35. The maximum Gasteiger partial charge on any atom is 0.255 e. The first-order valence-electron chi connectivity index (χ1n) is 9.49. The molecule has 6 heteroatoms. The summed E-state index contributed by atoms with van der Waals surface area (Å²) < 4.78 is 1.88. The van der Waals surface area contributed by atoms with Crippen LogP contribution in [0.4, 0.5) is 0 Å². The fourth-order valence-electron chi connectivity index (χ4n) is 3.91. The van der Waals surface area contributed by atoms with Gasteiger partial charge in [-0.2, -0.15) is 5.10 Å². The van der Waals surface area contributed by atoms with Crippen LogP contribution in [0.5, 0.6) is 0 Å². The van der Waals surface area contributed by atoms with E-state index in [1.165, 1.54) is 10.4 Å². The van der Waals surface area contributed by atoms with Crippen molar-refractivity contribution in [3.63, 3.8) is 0 Å². The zero-order chi connectivity index (χ0) is 18.9. The quantitative estimate of drug-likeness (QED) is 0.516. The van der Waals surface area contributed by atoms with E-state index in [1.54, 1.807) is 23.7 Å². The van der Waals surface area contributed by atoms with E-state index in [1.807, 2.05) is 33.8 Å². The summed E-state index contributed by atoms with van der Waals surface area (Å²) in [5, 5.41) is 7.45. The van der Waals surface area contributed by atoms with E-state index < -0.39 is 0 Å². The molecular formula is C22H20N4OS.